The van der Waals surface area contributed by atoms with E-state index in [4.69, 9.17) is 27.7 Å². The number of methoxy groups -OCH3 is 1. The Kier molecular flexibility index (Phi) is 19.5. The minimum Gasteiger partial charge on any atom is -0.508 e. The van der Waals surface area contributed by atoms with Crippen molar-refractivity contribution < 1.29 is 43.7 Å². The molecule has 0 unspecified atom stereocenters. The molecule has 50 heavy (non-hydrogen) atoms. The van der Waals surface area contributed by atoms with Crippen LogP contribution in [0.25, 0.3) is 0 Å². The zero-order chi connectivity index (χ0) is 37.8. The molecule has 1 aromatic carbocycles. The Bertz CT molecular complexity index is 1300. The molecule has 0 heterocycles. The van der Waals surface area contributed by atoms with E-state index in [1.165, 1.54) is 12.1 Å². The number of aromatic hydroxyl groups is 1. The molecule has 14 N–H and O–H groups in total. The number of carbonyl (C=O) groups excluding carboxylic acids is 5. The number of benzene rings is 1. The second-order valence-electron chi connectivity index (χ2n) is 12.1. The highest BCUT2D eigenvalue weighted by Gasteiger charge is 2.33. The number of nitrogens with one attached hydrogen (secondary N) is 4. The lowest BCUT2D eigenvalue weighted by molar-refractivity contribution is -0.145. The molecule has 1 rings (SSSR count). The maximum absolute atomic E-state index is 13.6. The highest BCUT2D eigenvalue weighted by molar-refractivity contribution is 5.95. The first-order valence-corrected chi connectivity index (χ1v) is 16.4. The van der Waals surface area contributed by atoms with Gasteiger partial charge in [-0.1, -0.05) is 32.4 Å². The van der Waals surface area contributed by atoms with Gasteiger partial charge in [0.15, 0.2) is 5.96 Å². The molecule has 0 aliphatic heterocycles. The normalized spacial score (nSPS) is 13.9. The average molecular weight is 708 g/mol. The van der Waals surface area contributed by atoms with Gasteiger partial charge < -0.3 is 59.2 Å². The standard InChI is InChI=1S/C32H53N9O9/c1-18(2)26(30(48)40-24(31(49)50-3)17-19-9-11-20(42)12-10-19)41-29(47)23(13-14-25(43)44)39-28(46)22(8-6-16-37-32(35)36)38-27(45)21(34)7-4-5-15-33/h9-12,18,21-24,26,42H,4-8,13-17,33-34H2,1-3H3,(H,38,45)(H,39,46)(H,40,48)(H,41,47)(H,43,44)(H4,35,36,37)/t21-,22+,23+,24+,26+/m1/s1. The average Bonchev–Trinajstić information content (AvgIpc) is 3.06. The number of ether oxygens (including phenoxy) is 1. The molecule has 0 saturated carbocycles. The Hall–Kier alpha value is -4.97. The molecule has 0 aromatic heterocycles. The van der Waals surface area contributed by atoms with Gasteiger partial charge in [-0.3, -0.25) is 29.0 Å². The van der Waals surface area contributed by atoms with Crippen molar-refractivity contribution in [3.05, 3.63) is 29.8 Å². The minimum absolute atomic E-state index is 0.0149. The largest absolute Gasteiger partial charge is 0.508 e. The predicted molar refractivity (Wildman–Crippen MR) is 184 cm³/mol. The lowest BCUT2D eigenvalue weighted by Crippen LogP contribution is -2.59. The van der Waals surface area contributed by atoms with Gasteiger partial charge in [0, 0.05) is 19.4 Å². The van der Waals surface area contributed by atoms with Crippen LogP contribution in [-0.4, -0.2) is 102 Å². The summed E-state index contributed by atoms with van der Waals surface area (Å²) in [5.41, 5.74) is 22.9. The number of hydrogen-bond acceptors (Lipinski definition) is 11. The fourth-order valence-electron chi connectivity index (χ4n) is 4.75. The monoisotopic (exact) mass is 707 g/mol. The van der Waals surface area contributed by atoms with Crippen LogP contribution in [0.2, 0.25) is 0 Å². The van der Waals surface area contributed by atoms with Crippen LogP contribution in [-0.2, 0) is 39.9 Å². The maximum Gasteiger partial charge on any atom is 0.328 e. The summed E-state index contributed by atoms with van der Waals surface area (Å²) in [5.74, 6) is -5.68. The molecule has 0 fully saturated rings. The molecule has 0 aliphatic carbocycles. The Morgan fingerprint density at radius 3 is 1.94 bits per heavy atom. The molecular weight excluding hydrogens is 654 g/mol. The van der Waals surface area contributed by atoms with Gasteiger partial charge in [-0.2, -0.15) is 0 Å². The van der Waals surface area contributed by atoms with Crippen molar-refractivity contribution in [2.45, 2.75) is 95.4 Å². The van der Waals surface area contributed by atoms with Crippen LogP contribution in [0.1, 0.15) is 64.4 Å². The lowest BCUT2D eigenvalue weighted by atomic mass is 10.00. The van der Waals surface area contributed by atoms with Crippen molar-refractivity contribution in [2.75, 3.05) is 20.2 Å². The lowest BCUT2D eigenvalue weighted by Gasteiger charge is -2.28. The minimum atomic E-state index is -1.43. The number of rotatable bonds is 23. The topological polar surface area (TPSA) is 317 Å². The molecule has 0 bridgehead atoms. The van der Waals surface area contributed by atoms with Gasteiger partial charge in [-0.15, -0.1) is 0 Å². The maximum atomic E-state index is 13.6. The van der Waals surface area contributed by atoms with Gasteiger partial charge in [0.05, 0.1) is 13.2 Å². The third-order valence-corrected chi connectivity index (χ3v) is 7.59. The van der Waals surface area contributed by atoms with E-state index >= 15 is 0 Å². The van der Waals surface area contributed by atoms with Gasteiger partial charge in [0.25, 0.3) is 0 Å². The fraction of sp³-hybridized carbons (Fsp3) is 0.594. The van der Waals surface area contributed by atoms with E-state index in [-0.39, 0.29) is 43.9 Å². The fourth-order valence-corrected chi connectivity index (χ4v) is 4.75. The number of hydrogen-bond donors (Lipinski definition) is 10. The van der Waals surface area contributed by atoms with E-state index < -0.39 is 78.1 Å². The summed E-state index contributed by atoms with van der Waals surface area (Å²) >= 11 is 0. The highest BCUT2D eigenvalue weighted by atomic mass is 16.5. The first-order valence-electron chi connectivity index (χ1n) is 16.4. The smallest absolute Gasteiger partial charge is 0.328 e. The van der Waals surface area contributed by atoms with Gasteiger partial charge in [-0.05, 0) is 62.3 Å². The van der Waals surface area contributed by atoms with Crippen molar-refractivity contribution in [3.63, 3.8) is 0 Å². The molecule has 0 spiro atoms. The van der Waals surface area contributed by atoms with Gasteiger partial charge >= 0.3 is 11.9 Å². The summed E-state index contributed by atoms with van der Waals surface area (Å²) in [7, 11) is 1.15. The first-order chi connectivity index (χ1) is 23.6. The number of amides is 4. The van der Waals surface area contributed by atoms with Gasteiger partial charge in [0.1, 0.15) is 29.9 Å². The number of aliphatic carboxylic acids is 1. The molecule has 0 aliphatic rings. The van der Waals surface area contributed by atoms with Crippen LogP contribution in [0, 0.1) is 5.92 Å². The zero-order valence-electron chi connectivity index (χ0n) is 28.9. The summed E-state index contributed by atoms with van der Waals surface area (Å²) in [6, 6.07) is 0.0514. The molecule has 4 amide bonds. The number of nitrogens with two attached hydrogens (primary N) is 4. The number of nitrogens with zero attached hydrogens (tertiary/aromatic N) is 1. The van der Waals surface area contributed by atoms with E-state index in [0.29, 0.717) is 31.4 Å². The third kappa shape index (κ3) is 16.4. The van der Waals surface area contributed by atoms with Gasteiger partial charge in [0.2, 0.25) is 23.6 Å². The summed E-state index contributed by atoms with van der Waals surface area (Å²) in [6.45, 7) is 3.84. The zero-order valence-corrected chi connectivity index (χ0v) is 28.9. The van der Waals surface area contributed by atoms with Crippen molar-refractivity contribution >= 4 is 41.5 Å². The van der Waals surface area contributed by atoms with Crippen molar-refractivity contribution in [3.8, 4) is 5.75 Å². The number of carboxylic acids is 1. The van der Waals surface area contributed by atoms with E-state index in [0.717, 1.165) is 7.11 Å². The number of esters is 1. The van der Waals surface area contributed by atoms with E-state index in [1.807, 2.05) is 0 Å². The SMILES string of the molecule is COC(=O)[C@H](Cc1ccc(O)cc1)NC(=O)[C@@H](NC(=O)[C@H](CCC(=O)O)NC(=O)[C@H](CCCN=C(N)N)NC(=O)[C@H](N)CCCCN)C(C)C. The summed E-state index contributed by atoms with van der Waals surface area (Å²) in [5, 5.41) is 29.2. The summed E-state index contributed by atoms with van der Waals surface area (Å²) in [4.78, 5) is 81.2. The Balaban J connectivity index is 3.20. The number of carbonyl (C=O) groups is 6. The molecule has 5 atom stereocenters. The van der Waals surface area contributed by atoms with Crippen molar-refractivity contribution in [2.24, 2.45) is 33.8 Å². The van der Waals surface area contributed by atoms with Crippen LogP contribution in [0.3, 0.4) is 0 Å². The van der Waals surface area contributed by atoms with Crippen LogP contribution < -0.4 is 44.2 Å². The number of unbranched alkanes of at least 4 members (excludes halogenated alkanes) is 1. The highest BCUT2D eigenvalue weighted by Crippen LogP contribution is 2.13. The van der Waals surface area contributed by atoms with Crippen LogP contribution in [0.15, 0.2) is 29.3 Å². The first kappa shape index (κ1) is 43.1. The number of carboxylic acid groups (broad SMARTS) is 1. The van der Waals surface area contributed by atoms with Gasteiger partial charge in [-0.25, -0.2) is 4.79 Å². The Morgan fingerprint density at radius 1 is 0.800 bits per heavy atom. The van der Waals surface area contributed by atoms with Crippen LogP contribution >= 0.6 is 0 Å². The quantitative estimate of drug-likeness (QED) is 0.0257. The van der Waals surface area contributed by atoms with E-state index in [2.05, 4.69) is 26.3 Å². The molecule has 1 aromatic rings. The second-order valence-corrected chi connectivity index (χ2v) is 12.1. The second kappa shape index (κ2) is 22.6. The molecule has 0 saturated heterocycles. The summed E-state index contributed by atoms with van der Waals surface area (Å²) < 4.78 is 4.85. The predicted octanol–water partition coefficient (Wildman–Crippen LogP) is -1.92. The Morgan fingerprint density at radius 2 is 1.38 bits per heavy atom. The number of phenols is 1. The number of phenolic OH excluding ortho intramolecular Hbond substituents is 1. The van der Waals surface area contributed by atoms with E-state index in [1.54, 1.807) is 26.0 Å². The third-order valence-electron chi connectivity index (χ3n) is 7.59. The number of aliphatic imine (C=N–C) groups is 1. The van der Waals surface area contributed by atoms with Crippen LogP contribution in [0.4, 0.5) is 0 Å². The van der Waals surface area contributed by atoms with E-state index in [9.17, 15) is 39.0 Å². The molecular formula is C32H53N9O9. The van der Waals surface area contributed by atoms with Crippen molar-refractivity contribution in [1.82, 2.24) is 21.3 Å². The molecule has 0 radical (unpaired) electrons. The summed E-state index contributed by atoms with van der Waals surface area (Å²) in [6.07, 6.45) is 1.02. The number of guanidine groups is 1. The van der Waals surface area contributed by atoms with Crippen LogP contribution in [0.5, 0.6) is 5.75 Å². The molecule has 18 heteroatoms. The molecule has 280 valence electrons. The molecule has 18 nitrogen and oxygen atoms in total. The van der Waals surface area contributed by atoms with Crippen molar-refractivity contribution in [1.29, 1.82) is 0 Å². The Labute approximate surface area is 291 Å².